The van der Waals surface area contributed by atoms with Crippen molar-refractivity contribution in [3.05, 3.63) is 11.3 Å². The second-order valence-corrected chi connectivity index (χ2v) is 19.1. The fourth-order valence-electron chi connectivity index (χ4n) is 3.66. The molecule has 0 aliphatic carbocycles. The number of nitrogens with zero attached hydrogens (tertiary/aromatic N) is 2. The fraction of sp³-hybridized carbons (Fsp3) is 0.643. The Morgan fingerprint density at radius 3 is 2.17 bits per heavy atom. The van der Waals surface area contributed by atoms with Crippen molar-refractivity contribution in [2.45, 2.75) is 50.7 Å². The SMILES string of the molecule is C[Si](C)(C)N(C1C(=O)N2C(C(=O)O)=C(C=O)CSC12)[Si](C)(C)C. The molecule has 1 fully saturated rings. The molecule has 0 spiro atoms. The Morgan fingerprint density at radius 1 is 1.26 bits per heavy atom. The number of amides is 1. The van der Waals surface area contributed by atoms with Gasteiger partial charge in [-0.15, -0.1) is 11.8 Å². The maximum absolute atomic E-state index is 12.8. The van der Waals surface area contributed by atoms with Gasteiger partial charge in [0.1, 0.15) is 39.9 Å². The zero-order chi connectivity index (χ0) is 17.7. The maximum atomic E-state index is 12.8. The Balaban J connectivity index is 2.42. The number of β-lactam (4-membered cyclic amide) rings is 1. The molecule has 9 heteroatoms. The van der Waals surface area contributed by atoms with Crippen LogP contribution in [0.5, 0.6) is 0 Å². The van der Waals surface area contributed by atoms with E-state index in [1.807, 2.05) is 0 Å². The molecule has 0 bridgehead atoms. The molecular weight excluding hydrogens is 348 g/mol. The van der Waals surface area contributed by atoms with Crippen molar-refractivity contribution in [2.75, 3.05) is 5.75 Å². The molecule has 0 aromatic heterocycles. The van der Waals surface area contributed by atoms with Crippen molar-refractivity contribution in [3.63, 3.8) is 0 Å². The number of carbonyl (C=O) groups excluding carboxylic acids is 2. The highest BCUT2D eigenvalue weighted by Crippen LogP contribution is 2.44. The van der Waals surface area contributed by atoms with Gasteiger partial charge in [-0.25, -0.2) is 4.79 Å². The number of thioether (sulfide) groups is 1. The summed E-state index contributed by atoms with van der Waals surface area (Å²) in [5.74, 6) is -1.03. The molecule has 2 atom stereocenters. The van der Waals surface area contributed by atoms with E-state index in [4.69, 9.17) is 0 Å². The fourth-order valence-corrected chi connectivity index (χ4v) is 15.4. The molecule has 0 aromatic rings. The molecule has 0 radical (unpaired) electrons. The van der Waals surface area contributed by atoms with Gasteiger partial charge in [0.05, 0.1) is 0 Å². The quantitative estimate of drug-likeness (QED) is 0.450. The molecule has 128 valence electrons. The van der Waals surface area contributed by atoms with Crippen LogP contribution < -0.4 is 0 Å². The lowest BCUT2D eigenvalue weighted by Gasteiger charge is -2.59. The maximum Gasteiger partial charge on any atom is 0.353 e. The van der Waals surface area contributed by atoms with Crippen LogP contribution in [-0.4, -0.2) is 66.0 Å². The Bertz CT molecular complexity index is 581. The van der Waals surface area contributed by atoms with Crippen molar-refractivity contribution in [1.29, 1.82) is 0 Å². The summed E-state index contributed by atoms with van der Waals surface area (Å²) >= 11 is 1.49. The summed E-state index contributed by atoms with van der Waals surface area (Å²) in [6, 6.07) is -0.263. The van der Waals surface area contributed by atoms with Gasteiger partial charge in [-0.1, -0.05) is 39.3 Å². The first kappa shape index (κ1) is 18.4. The van der Waals surface area contributed by atoms with Crippen LogP contribution in [0.15, 0.2) is 11.3 Å². The Kier molecular flexibility index (Phi) is 4.70. The predicted molar refractivity (Wildman–Crippen MR) is 96.1 cm³/mol. The van der Waals surface area contributed by atoms with Gasteiger partial charge in [0.25, 0.3) is 0 Å². The first-order valence-corrected chi connectivity index (χ1v) is 15.5. The van der Waals surface area contributed by atoms with E-state index in [0.29, 0.717) is 12.0 Å². The zero-order valence-electron chi connectivity index (χ0n) is 14.4. The summed E-state index contributed by atoms with van der Waals surface area (Å²) in [5.41, 5.74) is 0.0641. The third-order valence-electron chi connectivity index (χ3n) is 4.04. The highest BCUT2D eigenvalue weighted by Gasteiger charge is 2.59. The summed E-state index contributed by atoms with van der Waals surface area (Å²) < 4.78 is 2.42. The number of rotatable bonds is 5. The first-order chi connectivity index (χ1) is 10.4. The molecule has 1 saturated heterocycles. The molecule has 2 aliphatic heterocycles. The van der Waals surface area contributed by atoms with E-state index >= 15 is 0 Å². The number of carboxylic acid groups (broad SMARTS) is 1. The average molecular weight is 373 g/mol. The number of aliphatic carboxylic acids is 1. The second kappa shape index (κ2) is 5.87. The van der Waals surface area contributed by atoms with Crippen LogP contribution in [0.4, 0.5) is 0 Å². The van der Waals surface area contributed by atoms with Gasteiger partial charge in [0.2, 0.25) is 5.91 Å². The molecule has 1 amide bonds. The normalized spacial score (nSPS) is 25.3. The van der Waals surface area contributed by atoms with E-state index in [1.54, 1.807) is 0 Å². The van der Waals surface area contributed by atoms with Crippen LogP contribution in [0.2, 0.25) is 39.3 Å². The lowest BCUT2D eigenvalue weighted by Crippen LogP contribution is -2.78. The lowest BCUT2D eigenvalue weighted by atomic mass is 10.0. The van der Waals surface area contributed by atoms with Gasteiger partial charge in [0.15, 0.2) is 0 Å². The van der Waals surface area contributed by atoms with E-state index in [-0.39, 0.29) is 28.6 Å². The minimum Gasteiger partial charge on any atom is -0.477 e. The molecule has 6 nitrogen and oxygen atoms in total. The van der Waals surface area contributed by atoms with Crippen molar-refractivity contribution >= 4 is 46.4 Å². The number of carboxylic acids is 1. The van der Waals surface area contributed by atoms with Crippen LogP contribution in [0.25, 0.3) is 0 Å². The third-order valence-corrected chi connectivity index (χ3v) is 12.8. The standard InChI is InChI=1S/C14H24N2O4SSi2/c1-22(2,3)16(23(4,5)6)11-12(18)15-10(14(19)20)9(7-17)8-21-13(11)15/h7,11,13H,8H2,1-6H3,(H,19,20). The minimum atomic E-state index is -1.75. The second-order valence-electron chi connectivity index (χ2n) is 7.86. The van der Waals surface area contributed by atoms with Crippen LogP contribution in [0.3, 0.4) is 0 Å². The van der Waals surface area contributed by atoms with Gasteiger partial charge in [-0.3, -0.25) is 14.5 Å². The highest BCUT2D eigenvalue weighted by atomic mass is 32.2. The van der Waals surface area contributed by atoms with Crippen LogP contribution in [0, 0.1) is 0 Å². The van der Waals surface area contributed by atoms with Crippen LogP contribution >= 0.6 is 11.8 Å². The minimum absolute atomic E-state index is 0.129. The van der Waals surface area contributed by atoms with E-state index in [0.717, 1.165) is 0 Å². The van der Waals surface area contributed by atoms with Gasteiger partial charge in [0, 0.05) is 11.3 Å². The molecule has 2 unspecified atom stereocenters. The summed E-state index contributed by atoms with van der Waals surface area (Å²) in [7, 11) is -3.49. The number of fused-ring (bicyclic) bond motifs is 1. The van der Waals surface area contributed by atoms with Gasteiger partial charge < -0.3 is 9.34 Å². The van der Waals surface area contributed by atoms with E-state index in [1.165, 1.54) is 16.7 Å². The van der Waals surface area contributed by atoms with Crippen LogP contribution in [-0.2, 0) is 14.4 Å². The third kappa shape index (κ3) is 3.06. The predicted octanol–water partition coefficient (Wildman–Crippen LogP) is 1.78. The molecule has 1 N–H and O–H groups in total. The molecule has 2 aliphatic rings. The molecule has 2 rings (SSSR count). The molecule has 23 heavy (non-hydrogen) atoms. The van der Waals surface area contributed by atoms with Gasteiger partial charge >= 0.3 is 5.97 Å². The highest BCUT2D eigenvalue weighted by molar-refractivity contribution is 8.00. The Morgan fingerprint density at radius 2 is 1.78 bits per heavy atom. The molecular formula is C14H24N2O4SSi2. The van der Waals surface area contributed by atoms with Crippen molar-refractivity contribution < 1.29 is 19.5 Å². The topological polar surface area (TPSA) is 77.9 Å². The summed E-state index contributed by atoms with van der Waals surface area (Å²) in [6.07, 6.45) is 0.558. The van der Waals surface area contributed by atoms with Crippen molar-refractivity contribution in [3.8, 4) is 0 Å². The first-order valence-electron chi connectivity index (χ1n) is 7.57. The monoisotopic (exact) mass is 372 g/mol. The van der Waals surface area contributed by atoms with E-state index in [2.05, 4.69) is 43.5 Å². The van der Waals surface area contributed by atoms with Gasteiger partial charge in [-0.2, -0.15) is 0 Å². The van der Waals surface area contributed by atoms with E-state index in [9.17, 15) is 19.5 Å². The number of aldehydes is 1. The summed E-state index contributed by atoms with van der Waals surface area (Å²) in [4.78, 5) is 36.8. The van der Waals surface area contributed by atoms with E-state index < -0.39 is 22.4 Å². The number of hydrogen-bond donors (Lipinski definition) is 1. The summed E-state index contributed by atoms with van der Waals surface area (Å²) in [6.45, 7) is 13.3. The largest absolute Gasteiger partial charge is 0.477 e. The smallest absolute Gasteiger partial charge is 0.353 e. The van der Waals surface area contributed by atoms with Gasteiger partial charge in [-0.05, 0) is 0 Å². The van der Waals surface area contributed by atoms with Crippen LogP contribution in [0.1, 0.15) is 0 Å². The number of carbonyl (C=O) groups is 3. The Hall–Kier alpha value is -0.906. The molecule has 0 saturated carbocycles. The number of hydrogen-bond acceptors (Lipinski definition) is 5. The lowest BCUT2D eigenvalue weighted by molar-refractivity contribution is -0.150. The molecule has 2 heterocycles. The van der Waals surface area contributed by atoms with Crippen molar-refractivity contribution in [2.24, 2.45) is 0 Å². The average Bonchev–Trinajstić information content (AvgIpc) is 2.39. The van der Waals surface area contributed by atoms with Crippen molar-refractivity contribution in [1.82, 2.24) is 9.13 Å². The zero-order valence-corrected chi connectivity index (χ0v) is 17.2. The molecule has 0 aromatic carbocycles. The summed E-state index contributed by atoms with van der Waals surface area (Å²) in [5, 5.41) is 9.21. The Labute approximate surface area is 143 Å².